The van der Waals surface area contributed by atoms with Crippen molar-refractivity contribution in [2.24, 2.45) is 34.0 Å². The number of hydrogen-bond acceptors (Lipinski definition) is 3. The number of fused-ring (bicyclic) bond motifs is 3. The summed E-state index contributed by atoms with van der Waals surface area (Å²) < 4.78 is 0. The van der Waals surface area contributed by atoms with Gasteiger partial charge >= 0.3 is 0 Å². The molecule has 4 rings (SSSR count). The molecule has 0 aromatic rings. The van der Waals surface area contributed by atoms with E-state index in [2.05, 4.69) is 19.9 Å². The van der Waals surface area contributed by atoms with E-state index in [0.717, 1.165) is 25.7 Å². The third-order valence-electron chi connectivity index (χ3n) is 8.72. The predicted molar refractivity (Wildman–Crippen MR) is 89.7 cm³/mol. The summed E-state index contributed by atoms with van der Waals surface area (Å²) in [5, 5.41) is 31.8. The molecule has 0 aromatic carbocycles. The Morgan fingerprint density at radius 3 is 2.52 bits per heavy atom. The second kappa shape index (κ2) is 4.83. The minimum atomic E-state index is -0.482. The van der Waals surface area contributed by atoms with Crippen molar-refractivity contribution in [2.75, 3.05) is 6.61 Å². The molecule has 3 saturated carbocycles. The fraction of sp³-hybridized carbons (Fsp3) is 0.900. The molecule has 0 saturated heterocycles. The second-order valence-corrected chi connectivity index (χ2v) is 9.56. The lowest BCUT2D eigenvalue weighted by Gasteiger charge is -2.66. The van der Waals surface area contributed by atoms with Gasteiger partial charge < -0.3 is 15.3 Å². The van der Waals surface area contributed by atoms with Crippen LogP contribution in [-0.2, 0) is 0 Å². The van der Waals surface area contributed by atoms with Crippen molar-refractivity contribution in [1.82, 2.24) is 0 Å². The SMILES string of the molecule is CC1=CC23CC1CCC2C1(C)CCC(O)C(C)(CO)C1CC3O. The summed E-state index contributed by atoms with van der Waals surface area (Å²) in [6, 6.07) is 0. The first-order valence-corrected chi connectivity index (χ1v) is 9.44. The van der Waals surface area contributed by atoms with Crippen LogP contribution in [0.25, 0.3) is 0 Å². The molecule has 2 bridgehead atoms. The van der Waals surface area contributed by atoms with Crippen molar-refractivity contribution in [3.63, 3.8) is 0 Å². The zero-order valence-electron chi connectivity index (χ0n) is 14.8. The summed E-state index contributed by atoms with van der Waals surface area (Å²) >= 11 is 0. The average Bonchev–Trinajstić information content (AvgIpc) is 2.78. The zero-order chi connectivity index (χ0) is 16.6. The van der Waals surface area contributed by atoms with Gasteiger partial charge in [-0.3, -0.25) is 0 Å². The van der Waals surface area contributed by atoms with Crippen LogP contribution in [0.3, 0.4) is 0 Å². The molecule has 130 valence electrons. The van der Waals surface area contributed by atoms with Crippen LogP contribution >= 0.6 is 0 Å². The maximum Gasteiger partial charge on any atom is 0.0637 e. The Morgan fingerprint density at radius 2 is 1.83 bits per heavy atom. The third kappa shape index (κ3) is 1.82. The van der Waals surface area contributed by atoms with Crippen molar-refractivity contribution >= 4 is 0 Å². The van der Waals surface area contributed by atoms with Gasteiger partial charge in [-0.15, -0.1) is 0 Å². The summed E-state index contributed by atoms with van der Waals surface area (Å²) in [7, 11) is 0. The number of allylic oxidation sites excluding steroid dienone is 1. The molecule has 0 heterocycles. The summed E-state index contributed by atoms with van der Waals surface area (Å²) in [6.45, 7) is 6.67. The lowest BCUT2D eigenvalue weighted by Crippen LogP contribution is -2.64. The monoisotopic (exact) mass is 320 g/mol. The van der Waals surface area contributed by atoms with Crippen molar-refractivity contribution in [1.29, 1.82) is 0 Å². The molecule has 3 fully saturated rings. The van der Waals surface area contributed by atoms with Crippen molar-refractivity contribution in [2.45, 2.75) is 71.5 Å². The fourth-order valence-corrected chi connectivity index (χ4v) is 7.36. The first-order valence-electron chi connectivity index (χ1n) is 9.44. The van der Waals surface area contributed by atoms with E-state index in [0.29, 0.717) is 11.8 Å². The van der Waals surface area contributed by atoms with E-state index in [1.807, 2.05) is 6.92 Å². The Kier molecular flexibility index (Phi) is 3.38. The first-order chi connectivity index (χ1) is 10.8. The second-order valence-electron chi connectivity index (χ2n) is 9.56. The Labute approximate surface area is 139 Å². The quantitative estimate of drug-likeness (QED) is 0.651. The van der Waals surface area contributed by atoms with Gasteiger partial charge in [0.05, 0.1) is 18.8 Å². The molecular formula is C20H32O3. The van der Waals surface area contributed by atoms with E-state index in [1.54, 1.807) is 0 Å². The van der Waals surface area contributed by atoms with Gasteiger partial charge in [0.2, 0.25) is 0 Å². The molecule has 4 aliphatic rings. The molecule has 1 spiro atoms. The van der Waals surface area contributed by atoms with E-state index < -0.39 is 11.5 Å². The predicted octanol–water partition coefficient (Wildman–Crippen LogP) is 2.89. The van der Waals surface area contributed by atoms with Crippen molar-refractivity contribution in [3.05, 3.63) is 11.6 Å². The molecule has 0 aromatic heterocycles. The van der Waals surface area contributed by atoms with Gasteiger partial charge in [-0.05, 0) is 68.6 Å². The Balaban J connectivity index is 1.80. The van der Waals surface area contributed by atoms with Gasteiger partial charge in [0.1, 0.15) is 0 Å². The van der Waals surface area contributed by atoms with Gasteiger partial charge in [-0.1, -0.05) is 25.5 Å². The highest BCUT2D eigenvalue weighted by molar-refractivity contribution is 5.29. The van der Waals surface area contributed by atoms with Crippen LogP contribution in [0, 0.1) is 34.0 Å². The molecule has 0 aliphatic heterocycles. The molecule has 0 radical (unpaired) electrons. The fourth-order valence-electron chi connectivity index (χ4n) is 7.36. The molecule has 23 heavy (non-hydrogen) atoms. The van der Waals surface area contributed by atoms with Crippen LogP contribution in [0.5, 0.6) is 0 Å². The van der Waals surface area contributed by atoms with Crippen LogP contribution in [0.15, 0.2) is 11.6 Å². The highest BCUT2D eigenvalue weighted by Crippen LogP contribution is 2.70. The Hall–Kier alpha value is -0.380. The zero-order valence-corrected chi connectivity index (χ0v) is 14.8. The van der Waals surface area contributed by atoms with Crippen LogP contribution < -0.4 is 0 Å². The highest BCUT2D eigenvalue weighted by Gasteiger charge is 2.66. The summed E-state index contributed by atoms with van der Waals surface area (Å²) in [5.74, 6) is 1.34. The van der Waals surface area contributed by atoms with Crippen LogP contribution in [0.4, 0.5) is 0 Å². The van der Waals surface area contributed by atoms with Gasteiger partial charge in [0.15, 0.2) is 0 Å². The van der Waals surface area contributed by atoms with Gasteiger partial charge in [-0.2, -0.15) is 0 Å². The molecule has 3 heteroatoms. The number of hydrogen-bond donors (Lipinski definition) is 3. The molecular weight excluding hydrogens is 288 g/mol. The molecule has 4 aliphatic carbocycles. The van der Waals surface area contributed by atoms with Gasteiger partial charge in [-0.25, -0.2) is 0 Å². The largest absolute Gasteiger partial charge is 0.396 e. The summed E-state index contributed by atoms with van der Waals surface area (Å²) in [5.41, 5.74) is 1.07. The summed E-state index contributed by atoms with van der Waals surface area (Å²) in [6.07, 6.45) is 7.68. The van der Waals surface area contributed by atoms with E-state index in [4.69, 9.17) is 0 Å². The van der Waals surface area contributed by atoms with Crippen LogP contribution in [0.2, 0.25) is 0 Å². The maximum atomic E-state index is 11.2. The first kappa shape index (κ1) is 16.1. The lowest BCUT2D eigenvalue weighted by atomic mass is 9.40. The summed E-state index contributed by atoms with van der Waals surface area (Å²) in [4.78, 5) is 0. The smallest absolute Gasteiger partial charge is 0.0637 e. The normalized spacial score (nSPS) is 58.3. The van der Waals surface area contributed by atoms with E-state index in [1.165, 1.54) is 18.4 Å². The molecule has 0 amide bonds. The third-order valence-corrected chi connectivity index (χ3v) is 8.72. The van der Waals surface area contributed by atoms with E-state index in [9.17, 15) is 15.3 Å². The molecule has 8 atom stereocenters. The number of rotatable bonds is 1. The minimum absolute atomic E-state index is 0.0123. The minimum Gasteiger partial charge on any atom is -0.396 e. The number of aliphatic hydroxyl groups excluding tert-OH is 3. The topological polar surface area (TPSA) is 60.7 Å². The number of aliphatic hydroxyl groups is 3. The Bertz CT molecular complexity index is 543. The Morgan fingerprint density at radius 1 is 1.09 bits per heavy atom. The van der Waals surface area contributed by atoms with Gasteiger partial charge in [0.25, 0.3) is 0 Å². The van der Waals surface area contributed by atoms with Crippen LogP contribution in [-0.4, -0.2) is 34.1 Å². The van der Waals surface area contributed by atoms with Crippen molar-refractivity contribution in [3.8, 4) is 0 Å². The maximum absolute atomic E-state index is 11.2. The highest BCUT2D eigenvalue weighted by atomic mass is 16.3. The van der Waals surface area contributed by atoms with Crippen LogP contribution in [0.1, 0.15) is 59.3 Å². The van der Waals surface area contributed by atoms with Crippen molar-refractivity contribution < 1.29 is 15.3 Å². The standard InChI is InChI=1S/C20H32O3/c1-12-9-20-10-13(12)4-5-14(20)18(2)7-6-16(22)19(3,11-21)15(18)8-17(20)23/h9,13-17,21-23H,4-8,10-11H2,1-3H3. The molecule has 3 nitrogen and oxygen atoms in total. The van der Waals surface area contributed by atoms with Gasteiger partial charge in [0, 0.05) is 10.8 Å². The van der Waals surface area contributed by atoms with E-state index >= 15 is 0 Å². The molecule has 3 N–H and O–H groups in total. The lowest BCUT2D eigenvalue weighted by molar-refractivity contribution is -0.221. The average molecular weight is 320 g/mol. The van der Waals surface area contributed by atoms with E-state index in [-0.39, 0.29) is 29.5 Å². The molecule has 8 unspecified atom stereocenters.